The van der Waals surface area contributed by atoms with Gasteiger partial charge in [-0.3, -0.25) is 0 Å². The van der Waals surface area contributed by atoms with E-state index in [0.717, 1.165) is 30.0 Å². The second-order valence-corrected chi connectivity index (χ2v) is 6.18. The van der Waals surface area contributed by atoms with E-state index < -0.39 is 0 Å². The number of thiocarbonyl (C=S) groups is 1. The Kier molecular flexibility index (Phi) is 3.64. The molecule has 4 heteroatoms. The van der Waals surface area contributed by atoms with Crippen molar-refractivity contribution in [1.82, 2.24) is 4.98 Å². The third kappa shape index (κ3) is 2.63. The Labute approximate surface area is 130 Å². The first-order chi connectivity index (χ1) is 10.1. The lowest BCUT2D eigenvalue weighted by Gasteiger charge is -2.35. The summed E-state index contributed by atoms with van der Waals surface area (Å²) >= 11 is 5.20. The first-order valence-corrected chi connectivity index (χ1v) is 7.60. The van der Waals surface area contributed by atoms with Crippen LogP contribution in [0.15, 0.2) is 36.4 Å². The molecule has 108 valence electrons. The molecular weight excluding hydrogens is 278 g/mol. The fraction of sp³-hybridized carbons (Fsp3) is 0.294. The summed E-state index contributed by atoms with van der Waals surface area (Å²) < 4.78 is 0. The zero-order valence-corrected chi connectivity index (χ0v) is 13.2. The molecular formula is C17H19N3S. The summed E-state index contributed by atoms with van der Waals surface area (Å²) in [5.74, 6) is 1.45. The van der Waals surface area contributed by atoms with Crippen LogP contribution in [-0.2, 0) is 6.42 Å². The number of nitrogens with two attached hydrogens (primary N) is 1. The fourth-order valence-electron chi connectivity index (χ4n) is 2.94. The van der Waals surface area contributed by atoms with Crippen LogP contribution in [0, 0.1) is 12.8 Å². The van der Waals surface area contributed by atoms with Crippen molar-refractivity contribution >= 4 is 28.7 Å². The minimum atomic E-state index is 0.396. The molecule has 2 aromatic rings. The molecule has 2 heterocycles. The predicted octanol–water partition coefficient (Wildman–Crippen LogP) is 3.35. The average molecular weight is 297 g/mol. The predicted molar refractivity (Wildman–Crippen MR) is 91.2 cm³/mol. The number of para-hydroxylation sites is 1. The molecule has 21 heavy (non-hydrogen) atoms. The summed E-state index contributed by atoms with van der Waals surface area (Å²) in [6, 6.07) is 12.4. The van der Waals surface area contributed by atoms with E-state index in [-0.39, 0.29) is 0 Å². The van der Waals surface area contributed by atoms with E-state index in [1.165, 1.54) is 11.3 Å². The van der Waals surface area contributed by atoms with Crippen LogP contribution < -0.4 is 10.6 Å². The Morgan fingerprint density at radius 2 is 2.05 bits per heavy atom. The highest BCUT2D eigenvalue weighted by Gasteiger charge is 2.25. The van der Waals surface area contributed by atoms with E-state index in [1.807, 2.05) is 19.1 Å². The lowest BCUT2D eigenvalue weighted by atomic mass is 9.93. The van der Waals surface area contributed by atoms with Crippen LogP contribution in [0.3, 0.4) is 0 Å². The van der Waals surface area contributed by atoms with Gasteiger partial charge in [-0.2, -0.15) is 0 Å². The highest BCUT2D eigenvalue weighted by molar-refractivity contribution is 7.80. The van der Waals surface area contributed by atoms with Gasteiger partial charge in [-0.05, 0) is 43.0 Å². The van der Waals surface area contributed by atoms with Crippen LogP contribution in [-0.4, -0.2) is 16.5 Å². The maximum atomic E-state index is 5.89. The molecule has 1 atom stereocenters. The van der Waals surface area contributed by atoms with Crippen LogP contribution in [0.25, 0.3) is 0 Å². The smallest absolute Gasteiger partial charge is 0.143 e. The van der Waals surface area contributed by atoms with Gasteiger partial charge in [0.05, 0.1) is 5.56 Å². The molecule has 0 radical (unpaired) electrons. The Bertz CT molecular complexity index is 696. The van der Waals surface area contributed by atoms with E-state index in [1.54, 1.807) is 0 Å². The fourth-order valence-corrected chi connectivity index (χ4v) is 3.10. The van der Waals surface area contributed by atoms with Crippen molar-refractivity contribution in [2.45, 2.75) is 20.3 Å². The van der Waals surface area contributed by atoms with Crippen molar-refractivity contribution in [2.75, 3.05) is 11.4 Å². The first kappa shape index (κ1) is 14.0. The quantitative estimate of drug-likeness (QED) is 0.863. The molecule has 0 bridgehead atoms. The van der Waals surface area contributed by atoms with Gasteiger partial charge >= 0.3 is 0 Å². The summed E-state index contributed by atoms with van der Waals surface area (Å²) in [5.41, 5.74) is 10.3. The van der Waals surface area contributed by atoms with Gasteiger partial charge in [0.15, 0.2) is 0 Å². The van der Waals surface area contributed by atoms with Crippen LogP contribution in [0.5, 0.6) is 0 Å². The van der Waals surface area contributed by atoms with Crippen molar-refractivity contribution in [1.29, 1.82) is 0 Å². The molecule has 0 aliphatic carbocycles. The van der Waals surface area contributed by atoms with E-state index >= 15 is 0 Å². The Morgan fingerprint density at radius 3 is 2.81 bits per heavy atom. The van der Waals surface area contributed by atoms with E-state index in [0.29, 0.717) is 10.9 Å². The minimum Gasteiger partial charge on any atom is -0.389 e. The van der Waals surface area contributed by atoms with Gasteiger partial charge in [0, 0.05) is 17.9 Å². The number of pyridine rings is 1. The summed E-state index contributed by atoms with van der Waals surface area (Å²) in [4.78, 5) is 7.36. The maximum Gasteiger partial charge on any atom is 0.143 e. The Hall–Kier alpha value is -1.94. The Morgan fingerprint density at radius 1 is 1.29 bits per heavy atom. The normalized spacial score (nSPS) is 17.4. The monoisotopic (exact) mass is 297 g/mol. The summed E-state index contributed by atoms with van der Waals surface area (Å²) in [6.07, 6.45) is 1.10. The Balaban J connectivity index is 2.17. The molecule has 1 aromatic carbocycles. The minimum absolute atomic E-state index is 0.396. The lowest BCUT2D eigenvalue weighted by Crippen LogP contribution is -2.32. The molecule has 3 nitrogen and oxygen atoms in total. The van der Waals surface area contributed by atoms with E-state index in [2.05, 4.69) is 36.1 Å². The summed E-state index contributed by atoms with van der Waals surface area (Å²) in [6.45, 7) is 5.19. The molecule has 0 amide bonds. The van der Waals surface area contributed by atoms with Crippen LogP contribution in [0.4, 0.5) is 11.5 Å². The molecule has 1 unspecified atom stereocenters. The van der Waals surface area contributed by atoms with Gasteiger partial charge in [0.25, 0.3) is 0 Å². The van der Waals surface area contributed by atoms with E-state index in [4.69, 9.17) is 22.9 Å². The number of anilines is 2. The van der Waals surface area contributed by atoms with Crippen molar-refractivity contribution in [3.05, 3.63) is 53.2 Å². The molecule has 0 spiro atoms. The van der Waals surface area contributed by atoms with Crippen LogP contribution in [0.1, 0.15) is 23.7 Å². The zero-order chi connectivity index (χ0) is 15.0. The van der Waals surface area contributed by atoms with Crippen molar-refractivity contribution in [3.63, 3.8) is 0 Å². The van der Waals surface area contributed by atoms with Gasteiger partial charge < -0.3 is 10.6 Å². The molecule has 0 saturated heterocycles. The van der Waals surface area contributed by atoms with Crippen LogP contribution >= 0.6 is 12.2 Å². The van der Waals surface area contributed by atoms with Gasteiger partial charge in [0.1, 0.15) is 10.8 Å². The van der Waals surface area contributed by atoms with Gasteiger partial charge in [-0.1, -0.05) is 37.3 Å². The number of fused-ring (bicyclic) bond motifs is 1. The molecule has 1 aliphatic heterocycles. The number of benzene rings is 1. The molecule has 1 aromatic heterocycles. The second-order valence-electron chi connectivity index (χ2n) is 5.74. The SMILES string of the molecule is Cc1ccc(C(N)=S)c(N2CC(C)Cc3ccccc32)n1. The number of aromatic nitrogens is 1. The molecule has 3 rings (SSSR count). The highest BCUT2D eigenvalue weighted by Crippen LogP contribution is 2.35. The molecule has 2 N–H and O–H groups in total. The standard InChI is InChI=1S/C17H19N3S/c1-11-9-13-5-3-4-6-15(13)20(10-11)17-14(16(18)21)8-7-12(2)19-17/h3-8,11H,9-10H2,1-2H3,(H2,18,21). The van der Waals surface area contributed by atoms with Crippen molar-refractivity contribution < 1.29 is 0 Å². The van der Waals surface area contributed by atoms with Gasteiger partial charge in [-0.15, -0.1) is 0 Å². The summed E-state index contributed by atoms with van der Waals surface area (Å²) in [5, 5.41) is 0. The molecule has 0 fully saturated rings. The molecule has 1 aliphatic rings. The van der Waals surface area contributed by atoms with E-state index in [9.17, 15) is 0 Å². The van der Waals surface area contributed by atoms with Crippen molar-refractivity contribution in [2.24, 2.45) is 11.7 Å². The highest BCUT2D eigenvalue weighted by atomic mass is 32.1. The number of hydrogen-bond acceptors (Lipinski definition) is 3. The van der Waals surface area contributed by atoms with Gasteiger partial charge in [0.2, 0.25) is 0 Å². The second kappa shape index (κ2) is 5.45. The average Bonchev–Trinajstić information content (AvgIpc) is 2.45. The summed E-state index contributed by atoms with van der Waals surface area (Å²) in [7, 11) is 0. The van der Waals surface area contributed by atoms with Crippen LogP contribution in [0.2, 0.25) is 0 Å². The molecule has 0 saturated carbocycles. The maximum absolute atomic E-state index is 5.89. The third-order valence-corrected chi connectivity index (χ3v) is 4.10. The topological polar surface area (TPSA) is 42.1 Å². The zero-order valence-electron chi connectivity index (χ0n) is 12.3. The number of hydrogen-bond donors (Lipinski definition) is 1. The first-order valence-electron chi connectivity index (χ1n) is 7.19. The number of nitrogens with zero attached hydrogens (tertiary/aromatic N) is 2. The number of aryl methyl sites for hydroxylation is 1. The largest absolute Gasteiger partial charge is 0.389 e. The van der Waals surface area contributed by atoms with Crippen molar-refractivity contribution in [3.8, 4) is 0 Å². The number of rotatable bonds is 2. The third-order valence-electron chi connectivity index (χ3n) is 3.88. The van der Waals surface area contributed by atoms with Gasteiger partial charge in [-0.25, -0.2) is 4.98 Å². The lowest BCUT2D eigenvalue weighted by molar-refractivity contribution is 0.560.